The fourth-order valence-corrected chi connectivity index (χ4v) is 3.28. The first-order valence-electron chi connectivity index (χ1n) is 8.11. The van der Waals surface area contributed by atoms with E-state index in [2.05, 4.69) is 5.32 Å². The standard InChI is InChI=1S/C17H19N3O5/c1-10-2-4-11(5-3-10)20-16(24)15-12(18-17(20)25)8-9-19(15)13(21)6-7-14(22)23/h2-5,12,15H,6-9H2,1H3,(H,18,25)(H,22,23)/t12-,15-/m1/s1. The van der Waals surface area contributed by atoms with Crippen LogP contribution in [0.1, 0.15) is 24.8 Å². The van der Waals surface area contributed by atoms with Crippen molar-refractivity contribution in [2.75, 3.05) is 11.4 Å². The SMILES string of the molecule is Cc1ccc(N2C(=O)N[C@@H]3CCN(C(=O)CCC(=O)O)[C@H]3C2=O)cc1. The molecule has 8 heteroatoms. The van der Waals surface area contributed by atoms with Crippen molar-refractivity contribution in [3.63, 3.8) is 0 Å². The van der Waals surface area contributed by atoms with E-state index in [4.69, 9.17) is 5.11 Å². The van der Waals surface area contributed by atoms with Crippen molar-refractivity contribution in [3.8, 4) is 0 Å². The summed E-state index contributed by atoms with van der Waals surface area (Å²) in [6, 6.07) is 5.22. The molecule has 1 aromatic carbocycles. The quantitative estimate of drug-likeness (QED) is 0.843. The molecule has 4 amide bonds. The van der Waals surface area contributed by atoms with Crippen LogP contribution in [0.25, 0.3) is 0 Å². The molecule has 0 saturated carbocycles. The van der Waals surface area contributed by atoms with Crippen LogP contribution in [-0.4, -0.2) is 52.4 Å². The average molecular weight is 345 g/mol. The van der Waals surface area contributed by atoms with Gasteiger partial charge in [-0.3, -0.25) is 14.4 Å². The Morgan fingerprint density at radius 2 is 1.88 bits per heavy atom. The zero-order valence-electron chi connectivity index (χ0n) is 13.8. The van der Waals surface area contributed by atoms with Crippen molar-refractivity contribution in [2.24, 2.45) is 0 Å². The summed E-state index contributed by atoms with van der Waals surface area (Å²) >= 11 is 0. The third kappa shape index (κ3) is 3.19. The van der Waals surface area contributed by atoms with E-state index in [9.17, 15) is 19.2 Å². The maximum Gasteiger partial charge on any atom is 0.329 e. The number of fused-ring (bicyclic) bond motifs is 1. The van der Waals surface area contributed by atoms with Crippen LogP contribution in [0, 0.1) is 6.92 Å². The van der Waals surface area contributed by atoms with Crippen LogP contribution in [0.4, 0.5) is 10.5 Å². The number of carbonyl (C=O) groups is 4. The number of aliphatic carboxylic acids is 1. The van der Waals surface area contributed by atoms with E-state index in [0.717, 1.165) is 10.5 Å². The average Bonchev–Trinajstić information content (AvgIpc) is 2.98. The molecule has 0 radical (unpaired) electrons. The molecule has 0 aliphatic carbocycles. The maximum atomic E-state index is 12.9. The van der Waals surface area contributed by atoms with E-state index in [1.165, 1.54) is 4.90 Å². The van der Waals surface area contributed by atoms with E-state index in [1.54, 1.807) is 24.3 Å². The largest absolute Gasteiger partial charge is 0.481 e. The van der Waals surface area contributed by atoms with E-state index in [1.807, 2.05) is 6.92 Å². The minimum absolute atomic E-state index is 0.162. The highest BCUT2D eigenvalue weighted by Gasteiger charge is 2.49. The first kappa shape index (κ1) is 16.9. The molecule has 132 valence electrons. The predicted octanol–water partition coefficient (Wildman–Crippen LogP) is 0.886. The molecule has 2 N–H and O–H groups in total. The van der Waals surface area contributed by atoms with E-state index < -0.39 is 30.0 Å². The summed E-state index contributed by atoms with van der Waals surface area (Å²) in [7, 11) is 0. The van der Waals surface area contributed by atoms with E-state index in [0.29, 0.717) is 18.7 Å². The Labute approximate surface area is 144 Å². The van der Waals surface area contributed by atoms with Crippen LogP contribution in [-0.2, 0) is 14.4 Å². The van der Waals surface area contributed by atoms with Crippen LogP contribution in [0.15, 0.2) is 24.3 Å². The second kappa shape index (κ2) is 6.54. The maximum absolute atomic E-state index is 12.9. The predicted molar refractivity (Wildman–Crippen MR) is 88.0 cm³/mol. The van der Waals surface area contributed by atoms with Crippen molar-refractivity contribution in [1.82, 2.24) is 10.2 Å². The molecule has 0 aromatic heterocycles. The molecular formula is C17H19N3O5. The lowest BCUT2D eigenvalue weighted by molar-refractivity contribution is -0.142. The van der Waals surface area contributed by atoms with Gasteiger partial charge in [-0.05, 0) is 25.5 Å². The molecule has 2 saturated heterocycles. The Hall–Kier alpha value is -2.90. The van der Waals surface area contributed by atoms with Crippen molar-refractivity contribution >= 4 is 29.5 Å². The van der Waals surface area contributed by atoms with Gasteiger partial charge in [0.1, 0.15) is 6.04 Å². The van der Waals surface area contributed by atoms with Gasteiger partial charge >= 0.3 is 12.0 Å². The van der Waals surface area contributed by atoms with Gasteiger partial charge in [0.25, 0.3) is 5.91 Å². The summed E-state index contributed by atoms with van der Waals surface area (Å²) in [4.78, 5) is 50.6. The number of likely N-dealkylation sites (tertiary alicyclic amines) is 1. The molecule has 3 rings (SSSR count). The van der Waals surface area contributed by atoms with Crippen molar-refractivity contribution in [3.05, 3.63) is 29.8 Å². The topological polar surface area (TPSA) is 107 Å². The second-order valence-corrected chi connectivity index (χ2v) is 6.28. The molecule has 8 nitrogen and oxygen atoms in total. The number of rotatable bonds is 4. The molecular weight excluding hydrogens is 326 g/mol. The molecule has 0 spiro atoms. The lowest BCUT2D eigenvalue weighted by Gasteiger charge is -2.36. The number of nitrogens with zero attached hydrogens (tertiary/aromatic N) is 2. The van der Waals surface area contributed by atoms with Gasteiger partial charge in [0.15, 0.2) is 0 Å². The number of nitrogens with one attached hydrogen (secondary N) is 1. The minimum Gasteiger partial charge on any atom is -0.481 e. The lowest BCUT2D eigenvalue weighted by atomic mass is 10.0. The van der Waals surface area contributed by atoms with Crippen LogP contribution < -0.4 is 10.2 Å². The zero-order valence-corrected chi connectivity index (χ0v) is 13.8. The van der Waals surface area contributed by atoms with Gasteiger partial charge in [-0.25, -0.2) is 9.69 Å². The summed E-state index contributed by atoms with van der Waals surface area (Å²) in [5, 5.41) is 11.5. The third-order valence-electron chi connectivity index (χ3n) is 4.55. The number of urea groups is 1. The van der Waals surface area contributed by atoms with Gasteiger partial charge in [0, 0.05) is 13.0 Å². The number of benzene rings is 1. The van der Waals surface area contributed by atoms with E-state index in [-0.39, 0.29) is 18.7 Å². The van der Waals surface area contributed by atoms with Crippen LogP contribution >= 0.6 is 0 Å². The summed E-state index contributed by atoms with van der Waals surface area (Å²) in [6.07, 6.45) is 0.0297. The molecule has 2 heterocycles. The van der Waals surface area contributed by atoms with Gasteiger partial charge in [0.2, 0.25) is 5.91 Å². The minimum atomic E-state index is -1.06. The molecule has 2 fully saturated rings. The summed E-state index contributed by atoms with van der Waals surface area (Å²) < 4.78 is 0. The Morgan fingerprint density at radius 3 is 2.52 bits per heavy atom. The normalized spacial score (nSPS) is 22.6. The number of anilines is 1. The van der Waals surface area contributed by atoms with Crippen LogP contribution in [0.5, 0.6) is 0 Å². The summed E-state index contributed by atoms with van der Waals surface area (Å²) in [5.74, 6) is -1.91. The highest BCUT2D eigenvalue weighted by Crippen LogP contribution is 2.28. The van der Waals surface area contributed by atoms with Gasteiger partial charge in [-0.1, -0.05) is 17.7 Å². The highest BCUT2D eigenvalue weighted by atomic mass is 16.4. The number of carboxylic acids is 1. The first-order valence-corrected chi connectivity index (χ1v) is 8.11. The van der Waals surface area contributed by atoms with E-state index >= 15 is 0 Å². The van der Waals surface area contributed by atoms with Gasteiger partial charge < -0.3 is 15.3 Å². The number of aryl methyl sites for hydroxylation is 1. The molecule has 2 aliphatic heterocycles. The lowest BCUT2D eigenvalue weighted by Crippen LogP contribution is -2.65. The smallest absolute Gasteiger partial charge is 0.329 e. The Balaban J connectivity index is 1.82. The van der Waals surface area contributed by atoms with Crippen molar-refractivity contribution < 1.29 is 24.3 Å². The van der Waals surface area contributed by atoms with Gasteiger partial charge in [0.05, 0.1) is 18.2 Å². The number of carboxylic acid groups (broad SMARTS) is 1. The molecule has 2 aliphatic rings. The fraction of sp³-hybridized carbons (Fsp3) is 0.412. The van der Waals surface area contributed by atoms with Crippen LogP contribution in [0.2, 0.25) is 0 Å². The molecule has 0 unspecified atom stereocenters. The number of hydrogen-bond acceptors (Lipinski definition) is 4. The zero-order chi connectivity index (χ0) is 18.1. The Kier molecular flexibility index (Phi) is 4.43. The first-order chi connectivity index (χ1) is 11.9. The third-order valence-corrected chi connectivity index (χ3v) is 4.55. The summed E-state index contributed by atoms with van der Waals surface area (Å²) in [6.45, 7) is 2.22. The second-order valence-electron chi connectivity index (χ2n) is 6.28. The molecule has 2 atom stereocenters. The number of imide groups is 1. The van der Waals surface area contributed by atoms with Gasteiger partial charge in [-0.15, -0.1) is 0 Å². The Morgan fingerprint density at radius 1 is 1.20 bits per heavy atom. The Bertz CT molecular complexity index is 730. The highest BCUT2D eigenvalue weighted by molar-refractivity contribution is 6.19. The number of amides is 4. The van der Waals surface area contributed by atoms with Crippen LogP contribution in [0.3, 0.4) is 0 Å². The molecule has 1 aromatic rings. The summed E-state index contributed by atoms with van der Waals surface area (Å²) in [5.41, 5.74) is 1.44. The molecule has 25 heavy (non-hydrogen) atoms. The monoisotopic (exact) mass is 345 g/mol. The van der Waals surface area contributed by atoms with Gasteiger partial charge in [-0.2, -0.15) is 0 Å². The number of hydrogen-bond donors (Lipinski definition) is 2. The van der Waals surface area contributed by atoms with Crippen molar-refractivity contribution in [2.45, 2.75) is 38.3 Å². The number of carbonyl (C=O) groups excluding carboxylic acids is 3. The van der Waals surface area contributed by atoms with Crippen molar-refractivity contribution in [1.29, 1.82) is 0 Å². The fourth-order valence-electron chi connectivity index (χ4n) is 3.28. The molecule has 0 bridgehead atoms.